The minimum absolute atomic E-state index is 0.153. The first-order valence-corrected chi connectivity index (χ1v) is 6.84. The highest BCUT2D eigenvalue weighted by Gasteiger charge is 2.13. The maximum absolute atomic E-state index is 11.3. The minimum atomic E-state index is -3.46. The lowest BCUT2D eigenvalue weighted by Crippen LogP contribution is -2.30. The van der Waals surface area contributed by atoms with Crippen LogP contribution >= 0.6 is 12.2 Å². The molecule has 0 rings (SSSR count). The summed E-state index contributed by atoms with van der Waals surface area (Å²) < 4.78 is 29.5. The van der Waals surface area contributed by atoms with Crippen LogP contribution in [0.5, 0.6) is 0 Å². The molecule has 0 aromatic rings. The van der Waals surface area contributed by atoms with Crippen molar-refractivity contribution in [3.8, 4) is 0 Å². The molecule has 3 N–H and O–H groups in total. The maximum atomic E-state index is 11.3. The second-order valence-electron chi connectivity index (χ2n) is 2.98. The zero-order chi connectivity index (χ0) is 12.6. The second kappa shape index (κ2) is 7.53. The molecule has 6 nitrogen and oxygen atoms in total. The van der Waals surface area contributed by atoms with Gasteiger partial charge in [-0.15, -0.1) is 0 Å². The Balaban J connectivity index is 3.87. The van der Waals surface area contributed by atoms with Crippen LogP contribution in [-0.4, -0.2) is 38.3 Å². The highest BCUT2D eigenvalue weighted by Crippen LogP contribution is 1.93. The van der Waals surface area contributed by atoms with Gasteiger partial charge < -0.3 is 10.5 Å². The van der Waals surface area contributed by atoms with Crippen LogP contribution in [0.4, 0.5) is 0 Å². The number of nitrogens with one attached hydrogen (secondary N) is 1. The van der Waals surface area contributed by atoms with Gasteiger partial charge >= 0.3 is 5.97 Å². The highest BCUT2D eigenvalue weighted by molar-refractivity contribution is 7.89. The predicted molar refractivity (Wildman–Crippen MR) is 64.4 cm³/mol. The number of sulfonamides is 1. The number of thiocarbonyl (C=S) groups is 1. The summed E-state index contributed by atoms with van der Waals surface area (Å²) in [5.41, 5.74) is 5.21. The Morgan fingerprint density at radius 1 is 1.44 bits per heavy atom. The number of carbonyl (C=O) groups excluding carboxylic acids is 1. The fraction of sp³-hybridized carbons (Fsp3) is 0.750. The fourth-order valence-electron chi connectivity index (χ4n) is 0.853. The largest absolute Gasteiger partial charge is 0.466 e. The average Bonchev–Trinajstić information content (AvgIpc) is 2.14. The first-order valence-electron chi connectivity index (χ1n) is 4.78. The first kappa shape index (κ1) is 15.3. The van der Waals surface area contributed by atoms with E-state index < -0.39 is 16.0 Å². The van der Waals surface area contributed by atoms with Crippen LogP contribution in [0.2, 0.25) is 0 Å². The van der Waals surface area contributed by atoms with Crippen LogP contribution < -0.4 is 10.5 Å². The van der Waals surface area contributed by atoms with Crippen LogP contribution in [0.3, 0.4) is 0 Å². The van der Waals surface area contributed by atoms with E-state index in [2.05, 4.69) is 21.7 Å². The van der Waals surface area contributed by atoms with E-state index in [0.29, 0.717) is 6.42 Å². The third-order valence-corrected chi connectivity index (χ3v) is 3.16. The van der Waals surface area contributed by atoms with Crippen molar-refractivity contribution in [2.75, 3.05) is 18.9 Å². The van der Waals surface area contributed by atoms with Gasteiger partial charge in [-0.05, 0) is 6.92 Å². The second-order valence-corrected chi connectivity index (χ2v) is 5.44. The molecule has 16 heavy (non-hydrogen) atoms. The Labute approximate surface area is 101 Å². The lowest BCUT2D eigenvalue weighted by atomic mass is 10.4. The molecule has 0 aliphatic rings. The lowest BCUT2D eigenvalue weighted by molar-refractivity contribution is -0.142. The van der Waals surface area contributed by atoms with Gasteiger partial charge in [-0.3, -0.25) is 4.79 Å². The van der Waals surface area contributed by atoms with Gasteiger partial charge in [0.2, 0.25) is 10.0 Å². The average molecular weight is 268 g/mol. The van der Waals surface area contributed by atoms with Crippen molar-refractivity contribution in [2.45, 2.75) is 19.8 Å². The van der Waals surface area contributed by atoms with E-state index in [0.717, 1.165) is 0 Å². The van der Waals surface area contributed by atoms with Crippen molar-refractivity contribution in [2.24, 2.45) is 5.73 Å². The van der Waals surface area contributed by atoms with E-state index >= 15 is 0 Å². The summed E-state index contributed by atoms with van der Waals surface area (Å²) in [4.78, 5) is 11.2. The first-order chi connectivity index (χ1) is 7.37. The van der Waals surface area contributed by atoms with E-state index in [1.165, 1.54) is 0 Å². The molecule has 0 spiro atoms. The molecular formula is C8H16N2O4S2. The van der Waals surface area contributed by atoms with Gasteiger partial charge in [0.05, 0.1) is 23.8 Å². The third kappa shape index (κ3) is 8.57. The molecule has 94 valence electrons. The van der Waals surface area contributed by atoms with Gasteiger partial charge in [0.25, 0.3) is 0 Å². The summed E-state index contributed by atoms with van der Waals surface area (Å²) in [7, 11) is -3.46. The summed E-state index contributed by atoms with van der Waals surface area (Å²) in [5.74, 6) is -0.814. The standard InChI is InChI=1S/C8H16N2O4S2/c1-2-14-8(11)4-6-16(12,13)10-5-3-7(9)15/h10H,2-6H2,1H3,(H2,9,15). The van der Waals surface area contributed by atoms with E-state index in [1.54, 1.807) is 6.92 Å². The SMILES string of the molecule is CCOC(=O)CCS(=O)(=O)NCCC(N)=S. The molecule has 0 unspecified atom stereocenters. The quantitative estimate of drug-likeness (QED) is 0.456. The molecule has 0 aliphatic carbocycles. The van der Waals surface area contributed by atoms with Gasteiger partial charge in [0.15, 0.2) is 0 Å². The van der Waals surface area contributed by atoms with Crippen molar-refractivity contribution in [1.29, 1.82) is 0 Å². The zero-order valence-corrected chi connectivity index (χ0v) is 10.7. The van der Waals surface area contributed by atoms with Crippen LogP contribution in [0.15, 0.2) is 0 Å². The Bertz CT molecular complexity index is 340. The third-order valence-electron chi connectivity index (χ3n) is 1.57. The van der Waals surface area contributed by atoms with E-state index in [4.69, 9.17) is 5.73 Å². The number of rotatable bonds is 8. The molecule has 0 bridgehead atoms. The number of hydrogen-bond acceptors (Lipinski definition) is 5. The molecule has 0 amide bonds. The molecule has 0 aromatic carbocycles. The van der Waals surface area contributed by atoms with Crippen LogP contribution in [0.1, 0.15) is 19.8 Å². The van der Waals surface area contributed by atoms with Crippen LogP contribution in [0.25, 0.3) is 0 Å². The monoisotopic (exact) mass is 268 g/mol. The van der Waals surface area contributed by atoms with Gasteiger partial charge in [-0.2, -0.15) is 0 Å². The summed E-state index contributed by atoms with van der Waals surface area (Å²) in [6.45, 7) is 2.06. The normalized spacial score (nSPS) is 11.1. The summed E-state index contributed by atoms with van der Waals surface area (Å²) in [6, 6.07) is 0. The molecule has 0 aliphatic heterocycles. The molecule has 0 fully saturated rings. The Morgan fingerprint density at radius 2 is 2.06 bits per heavy atom. The topological polar surface area (TPSA) is 98.5 Å². The number of nitrogens with two attached hydrogens (primary N) is 1. The summed E-state index contributed by atoms with van der Waals surface area (Å²) in [6.07, 6.45) is 0.143. The van der Waals surface area contributed by atoms with Crippen molar-refractivity contribution >= 4 is 33.2 Å². The fourth-order valence-corrected chi connectivity index (χ4v) is 1.95. The number of esters is 1. The zero-order valence-electron chi connectivity index (χ0n) is 9.06. The van der Waals surface area contributed by atoms with Gasteiger partial charge in [0, 0.05) is 13.0 Å². The van der Waals surface area contributed by atoms with Crippen molar-refractivity contribution < 1.29 is 17.9 Å². The van der Waals surface area contributed by atoms with Crippen LogP contribution in [-0.2, 0) is 19.6 Å². The number of ether oxygens (including phenoxy) is 1. The van der Waals surface area contributed by atoms with Crippen molar-refractivity contribution in [3.63, 3.8) is 0 Å². The summed E-state index contributed by atoms with van der Waals surface area (Å²) in [5, 5.41) is 0. The van der Waals surface area contributed by atoms with Crippen LogP contribution in [0, 0.1) is 0 Å². The molecular weight excluding hydrogens is 252 g/mol. The minimum Gasteiger partial charge on any atom is -0.466 e. The Kier molecular flexibility index (Phi) is 7.18. The van der Waals surface area contributed by atoms with Gasteiger partial charge in [0.1, 0.15) is 0 Å². The van der Waals surface area contributed by atoms with Gasteiger partial charge in [-0.1, -0.05) is 12.2 Å². The maximum Gasteiger partial charge on any atom is 0.306 e. The summed E-state index contributed by atoms with van der Waals surface area (Å²) >= 11 is 4.59. The molecule has 8 heteroatoms. The molecule has 0 heterocycles. The highest BCUT2D eigenvalue weighted by atomic mass is 32.2. The smallest absolute Gasteiger partial charge is 0.306 e. The van der Waals surface area contributed by atoms with E-state index in [1.807, 2.05) is 0 Å². The number of hydrogen-bond donors (Lipinski definition) is 2. The van der Waals surface area contributed by atoms with Gasteiger partial charge in [-0.25, -0.2) is 13.1 Å². The molecule has 0 saturated heterocycles. The molecule has 0 radical (unpaired) electrons. The van der Waals surface area contributed by atoms with Crippen molar-refractivity contribution in [1.82, 2.24) is 4.72 Å². The Morgan fingerprint density at radius 3 is 2.56 bits per heavy atom. The van der Waals surface area contributed by atoms with E-state index in [9.17, 15) is 13.2 Å². The molecule has 0 aromatic heterocycles. The lowest BCUT2D eigenvalue weighted by Gasteiger charge is -2.05. The molecule has 0 saturated carbocycles. The Hall–Kier alpha value is -0.730. The predicted octanol–water partition coefficient (Wildman–Crippen LogP) is -0.465. The van der Waals surface area contributed by atoms with E-state index in [-0.39, 0.29) is 30.3 Å². The molecule has 0 atom stereocenters. The number of carbonyl (C=O) groups is 1. The van der Waals surface area contributed by atoms with Crippen molar-refractivity contribution in [3.05, 3.63) is 0 Å².